The molecule has 94 valence electrons. The van der Waals surface area contributed by atoms with Gasteiger partial charge in [0.15, 0.2) is 0 Å². The molecule has 0 amide bonds. The van der Waals surface area contributed by atoms with E-state index in [0.29, 0.717) is 13.2 Å². The molecule has 0 unspecified atom stereocenters. The number of nitrogens with zero attached hydrogens (tertiary/aromatic N) is 1. The van der Waals surface area contributed by atoms with Crippen LogP contribution in [0.1, 0.15) is 18.1 Å². The molecule has 0 fully saturated rings. The van der Waals surface area contributed by atoms with Crippen molar-refractivity contribution in [1.82, 2.24) is 4.98 Å². The minimum absolute atomic E-state index is 0.455. The molecule has 0 aliphatic heterocycles. The van der Waals surface area contributed by atoms with Crippen molar-refractivity contribution in [3.63, 3.8) is 0 Å². The van der Waals surface area contributed by atoms with Crippen LogP contribution >= 0.6 is 0 Å². The van der Waals surface area contributed by atoms with Crippen LogP contribution in [0.15, 0.2) is 36.5 Å². The van der Waals surface area contributed by atoms with Crippen molar-refractivity contribution in [2.45, 2.75) is 20.4 Å². The van der Waals surface area contributed by atoms with Crippen LogP contribution in [0.2, 0.25) is 0 Å². The Morgan fingerprint density at radius 3 is 2.72 bits per heavy atom. The Balaban J connectivity index is 2.44. The van der Waals surface area contributed by atoms with Gasteiger partial charge in [0.1, 0.15) is 5.75 Å². The third-order valence-electron chi connectivity index (χ3n) is 2.89. The Labute approximate surface area is 108 Å². The van der Waals surface area contributed by atoms with E-state index in [1.54, 1.807) is 6.20 Å². The molecule has 2 N–H and O–H groups in total. The summed E-state index contributed by atoms with van der Waals surface area (Å²) in [6.45, 7) is 5.11. The molecule has 2 rings (SSSR count). The first-order valence-electron chi connectivity index (χ1n) is 6.14. The molecule has 0 aliphatic rings. The summed E-state index contributed by atoms with van der Waals surface area (Å²) in [5, 5.41) is 0. The predicted molar refractivity (Wildman–Crippen MR) is 73.5 cm³/mol. The molecule has 0 atom stereocenters. The third kappa shape index (κ3) is 2.51. The lowest BCUT2D eigenvalue weighted by Crippen LogP contribution is -2.03. The number of ether oxygens (including phenoxy) is 1. The van der Waals surface area contributed by atoms with E-state index in [0.717, 1.165) is 22.6 Å². The molecular weight excluding hydrogens is 224 g/mol. The second-order valence-corrected chi connectivity index (χ2v) is 4.13. The summed E-state index contributed by atoms with van der Waals surface area (Å²) < 4.78 is 5.51. The normalized spacial score (nSPS) is 10.4. The first-order valence-corrected chi connectivity index (χ1v) is 6.14. The van der Waals surface area contributed by atoms with Gasteiger partial charge in [-0.2, -0.15) is 0 Å². The molecule has 3 heteroatoms. The molecule has 1 aromatic carbocycles. The van der Waals surface area contributed by atoms with E-state index in [2.05, 4.69) is 24.0 Å². The largest absolute Gasteiger partial charge is 0.492 e. The third-order valence-corrected chi connectivity index (χ3v) is 2.89. The van der Waals surface area contributed by atoms with Gasteiger partial charge in [-0.15, -0.1) is 0 Å². The van der Waals surface area contributed by atoms with Gasteiger partial charge in [0.05, 0.1) is 18.5 Å². The van der Waals surface area contributed by atoms with Gasteiger partial charge in [-0.05, 0) is 25.5 Å². The van der Waals surface area contributed by atoms with Gasteiger partial charge in [-0.3, -0.25) is 4.98 Å². The summed E-state index contributed by atoms with van der Waals surface area (Å²) in [5.41, 5.74) is 10.0. The monoisotopic (exact) mass is 242 g/mol. The number of nitrogens with two attached hydrogens (primary N) is 1. The van der Waals surface area contributed by atoms with Crippen molar-refractivity contribution in [2.75, 3.05) is 6.61 Å². The maximum absolute atomic E-state index is 5.76. The lowest BCUT2D eigenvalue weighted by Gasteiger charge is -2.11. The number of rotatable bonds is 4. The number of pyridine rings is 1. The molecule has 1 aromatic heterocycles. The zero-order valence-corrected chi connectivity index (χ0v) is 10.8. The molecule has 0 radical (unpaired) electrons. The molecule has 0 aliphatic carbocycles. The Bertz CT molecular complexity index is 538. The van der Waals surface area contributed by atoms with Crippen molar-refractivity contribution in [3.05, 3.63) is 47.7 Å². The Morgan fingerprint density at radius 1 is 1.28 bits per heavy atom. The van der Waals surface area contributed by atoms with Gasteiger partial charge in [-0.25, -0.2) is 0 Å². The van der Waals surface area contributed by atoms with Crippen LogP contribution in [0.25, 0.3) is 11.3 Å². The lowest BCUT2D eigenvalue weighted by molar-refractivity contribution is 0.335. The van der Waals surface area contributed by atoms with Crippen LogP contribution in [0.3, 0.4) is 0 Å². The van der Waals surface area contributed by atoms with Crippen molar-refractivity contribution >= 4 is 0 Å². The zero-order valence-electron chi connectivity index (χ0n) is 10.8. The van der Waals surface area contributed by atoms with Crippen molar-refractivity contribution in [3.8, 4) is 17.0 Å². The summed E-state index contributed by atoms with van der Waals surface area (Å²) in [5.74, 6) is 0.775. The summed E-state index contributed by atoms with van der Waals surface area (Å²) in [4.78, 5) is 4.46. The number of hydrogen-bond donors (Lipinski definition) is 1. The maximum atomic E-state index is 5.76. The number of aryl methyl sites for hydroxylation is 1. The van der Waals surface area contributed by atoms with Crippen LogP contribution in [0, 0.1) is 6.92 Å². The van der Waals surface area contributed by atoms with E-state index < -0.39 is 0 Å². The minimum atomic E-state index is 0.455. The molecule has 3 nitrogen and oxygen atoms in total. The highest BCUT2D eigenvalue weighted by Crippen LogP contribution is 2.26. The van der Waals surface area contributed by atoms with E-state index in [9.17, 15) is 0 Å². The second kappa shape index (κ2) is 5.65. The standard InChI is InChI=1S/C15H18N2O/c1-3-18-15-10-17-14(8-12(15)9-16)13-7-5-4-6-11(13)2/h4-8,10H,3,9,16H2,1-2H3. The average molecular weight is 242 g/mol. The fraction of sp³-hybridized carbons (Fsp3) is 0.267. The molecule has 1 heterocycles. The molecule has 2 aromatic rings. The van der Waals surface area contributed by atoms with Gasteiger partial charge in [0.2, 0.25) is 0 Å². The molecule has 0 saturated carbocycles. The van der Waals surface area contributed by atoms with Gasteiger partial charge in [-0.1, -0.05) is 24.3 Å². The Morgan fingerprint density at radius 2 is 2.06 bits per heavy atom. The van der Waals surface area contributed by atoms with Gasteiger partial charge in [0, 0.05) is 17.7 Å². The Hall–Kier alpha value is -1.87. The summed E-state index contributed by atoms with van der Waals surface area (Å²) in [6, 6.07) is 10.2. The van der Waals surface area contributed by atoms with Crippen molar-refractivity contribution in [1.29, 1.82) is 0 Å². The van der Waals surface area contributed by atoms with Gasteiger partial charge in [0.25, 0.3) is 0 Å². The van der Waals surface area contributed by atoms with Crippen LogP contribution in [0.4, 0.5) is 0 Å². The van der Waals surface area contributed by atoms with E-state index in [-0.39, 0.29) is 0 Å². The van der Waals surface area contributed by atoms with Crippen LogP contribution in [0.5, 0.6) is 5.75 Å². The topological polar surface area (TPSA) is 48.1 Å². The van der Waals surface area contributed by atoms with Gasteiger partial charge < -0.3 is 10.5 Å². The maximum Gasteiger partial charge on any atom is 0.142 e. The van der Waals surface area contributed by atoms with Gasteiger partial charge >= 0.3 is 0 Å². The van der Waals surface area contributed by atoms with Crippen LogP contribution in [-0.4, -0.2) is 11.6 Å². The quantitative estimate of drug-likeness (QED) is 0.896. The minimum Gasteiger partial charge on any atom is -0.492 e. The van der Waals surface area contributed by atoms with E-state index in [1.807, 2.05) is 25.1 Å². The van der Waals surface area contributed by atoms with Crippen molar-refractivity contribution < 1.29 is 4.74 Å². The number of aromatic nitrogens is 1. The van der Waals surface area contributed by atoms with E-state index in [1.165, 1.54) is 5.56 Å². The fourth-order valence-electron chi connectivity index (χ4n) is 1.94. The molecule has 0 bridgehead atoms. The zero-order chi connectivity index (χ0) is 13.0. The van der Waals surface area contributed by atoms with Crippen molar-refractivity contribution in [2.24, 2.45) is 5.73 Å². The van der Waals surface area contributed by atoms with E-state index in [4.69, 9.17) is 10.5 Å². The highest BCUT2D eigenvalue weighted by atomic mass is 16.5. The summed E-state index contributed by atoms with van der Waals surface area (Å²) in [7, 11) is 0. The molecule has 18 heavy (non-hydrogen) atoms. The SMILES string of the molecule is CCOc1cnc(-c2ccccc2C)cc1CN. The molecule has 0 saturated heterocycles. The number of hydrogen-bond acceptors (Lipinski definition) is 3. The number of benzene rings is 1. The highest BCUT2D eigenvalue weighted by molar-refractivity contribution is 5.64. The molecular formula is C15H18N2O. The smallest absolute Gasteiger partial charge is 0.142 e. The fourth-order valence-corrected chi connectivity index (χ4v) is 1.94. The summed E-state index contributed by atoms with van der Waals surface area (Å²) >= 11 is 0. The van der Waals surface area contributed by atoms with Crippen LogP contribution < -0.4 is 10.5 Å². The molecule has 0 spiro atoms. The van der Waals surface area contributed by atoms with E-state index >= 15 is 0 Å². The second-order valence-electron chi connectivity index (χ2n) is 4.13. The lowest BCUT2D eigenvalue weighted by atomic mass is 10.0. The summed E-state index contributed by atoms with van der Waals surface area (Å²) in [6.07, 6.45) is 1.76. The predicted octanol–water partition coefficient (Wildman–Crippen LogP) is 2.91. The first kappa shape index (κ1) is 12.6. The Kier molecular flexibility index (Phi) is 3.95. The van der Waals surface area contributed by atoms with Crippen LogP contribution in [-0.2, 0) is 6.54 Å². The average Bonchev–Trinajstić information content (AvgIpc) is 2.40. The highest BCUT2D eigenvalue weighted by Gasteiger charge is 2.07. The first-order chi connectivity index (χ1) is 8.76.